The van der Waals surface area contributed by atoms with E-state index < -0.39 is 5.60 Å². The molecule has 3 nitrogen and oxygen atoms in total. The summed E-state index contributed by atoms with van der Waals surface area (Å²) in [5.41, 5.74) is -0.592. The summed E-state index contributed by atoms with van der Waals surface area (Å²) in [7, 11) is 0. The molecule has 64 valence electrons. The van der Waals surface area contributed by atoms with Crippen molar-refractivity contribution in [3.8, 4) is 0 Å². The summed E-state index contributed by atoms with van der Waals surface area (Å²) in [5.74, 6) is 0. The third-order valence-corrected chi connectivity index (χ3v) is 2.96. The van der Waals surface area contributed by atoms with Crippen LogP contribution < -0.4 is 0 Å². The van der Waals surface area contributed by atoms with E-state index in [1.54, 1.807) is 0 Å². The van der Waals surface area contributed by atoms with E-state index in [0.717, 1.165) is 0 Å². The van der Waals surface area contributed by atoms with Crippen LogP contribution in [0.3, 0.4) is 0 Å². The fourth-order valence-electron chi connectivity index (χ4n) is 1.96. The largest absolute Gasteiger partial charge is 0.393 e. The first-order chi connectivity index (χ1) is 5.03. The van der Waals surface area contributed by atoms with Gasteiger partial charge < -0.3 is 14.6 Å². The molecule has 2 fully saturated rings. The standard InChI is InChI=1S/C8H14O3/c1-5-8(3)6(11-8)7(2,4-9)10-5/h5-6,9H,4H2,1-3H3/t5-,6+,7+,8-/m1/s1. The zero-order chi connectivity index (χ0) is 8.28. The lowest BCUT2D eigenvalue weighted by atomic mass is 9.96. The molecule has 11 heavy (non-hydrogen) atoms. The lowest BCUT2D eigenvalue weighted by Gasteiger charge is -2.24. The number of hydrogen-bond acceptors (Lipinski definition) is 3. The summed E-state index contributed by atoms with van der Waals surface area (Å²) < 4.78 is 11.1. The predicted octanol–water partition coefficient (Wildman–Crippen LogP) is 0.314. The lowest BCUT2D eigenvalue weighted by molar-refractivity contribution is -0.119. The van der Waals surface area contributed by atoms with Crippen LogP contribution >= 0.6 is 0 Å². The van der Waals surface area contributed by atoms with E-state index in [-0.39, 0.29) is 24.4 Å². The van der Waals surface area contributed by atoms with Gasteiger partial charge in [-0.1, -0.05) is 0 Å². The molecule has 0 aromatic rings. The van der Waals surface area contributed by atoms with Gasteiger partial charge in [-0.25, -0.2) is 0 Å². The molecule has 2 saturated heterocycles. The molecule has 2 aliphatic rings. The van der Waals surface area contributed by atoms with Crippen LogP contribution in [0.5, 0.6) is 0 Å². The zero-order valence-corrected chi connectivity index (χ0v) is 7.13. The molecule has 2 aliphatic heterocycles. The number of aliphatic hydroxyl groups excluding tert-OH is 1. The van der Waals surface area contributed by atoms with Crippen LogP contribution in [0.1, 0.15) is 20.8 Å². The van der Waals surface area contributed by atoms with Gasteiger partial charge in [0, 0.05) is 0 Å². The summed E-state index contributed by atoms with van der Waals surface area (Å²) >= 11 is 0. The van der Waals surface area contributed by atoms with E-state index in [1.807, 2.05) is 20.8 Å². The Hall–Kier alpha value is -0.120. The van der Waals surface area contributed by atoms with Crippen LogP contribution in [0.25, 0.3) is 0 Å². The van der Waals surface area contributed by atoms with Crippen LogP contribution in [-0.4, -0.2) is 35.1 Å². The average Bonchev–Trinajstić information content (AvgIpc) is 2.59. The Labute approximate surface area is 66.3 Å². The fraction of sp³-hybridized carbons (Fsp3) is 1.00. The molecule has 0 aliphatic carbocycles. The van der Waals surface area contributed by atoms with Crippen molar-refractivity contribution in [1.82, 2.24) is 0 Å². The number of hydrogen-bond donors (Lipinski definition) is 1. The average molecular weight is 158 g/mol. The maximum atomic E-state index is 9.05. The topological polar surface area (TPSA) is 42.0 Å². The van der Waals surface area contributed by atoms with Crippen molar-refractivity contribution in [3.05, 3.63) is 0 Å². The summed E-state index contributed by atoms with van der Waals surface area (Å²) in [6.45, 7) is 5.95. The van der Waals surface area contributed by atoms with E-state index in [9.17, 15) is 0 Å². The van der Waals surface area contributed by atoms with Gasteiger partial charge in [-0.3, -0.25) is 0 Å². The van der Waals surface area contributed by atoms with E-state index in [0.29, 0.717) is 0 Å². The molecule has 0 aromatic carbocycles. The number of aliphatic hydroxyl groups is 1. The van der Waals surface area contributed by atoms with Crippen molar-refractivity contribution in [2.45, 2.75) is 44.2 Å². The van der Waals surface area contributed by atoms with Gasteiger partial charge >= 0.3 is 0 Å². The van der Waals surface area contributed by atoms with Crippen molar-refractivity contribution in [2.75, 3.05) is 6.61 Å². The first kappa shape index (κ1) is 7.53. The third kappa shape index (κ3) is 0.736. The normalized spacial score (nSPS) is 61.1. The minimum Gasteiger partial charge on any atom is -0.393 e. The molecule has 0 unspecified atom stereocenters. The van der Waals surface area contributed by atoms with Gasteiger partial charge in [0.25, 0.3) is 0 Å². The first-order valence-corrected chi connectivity index (χ1v) is 3.99. The van der Waals surface area contributed by atoms with Crippen LogP contribution in [-0.2, 0) is 9.47 Å². The van der Waals surface area contributed by atoms with E-state index in [4.69, 9.17) is 14.6 Å². The third-order valence-electron chi connectivity index (χ3n) is 2.96. The Morgan fingerprint density at radius 3 is 2.18 bits per heavy atom. The van der Waals surface area contributed by atoms with Crippen molar-refractivity contribution in [2.24, 2.45) is 0 Å². The molecule has 0 amide bonds. The molecular formula is C8H14O3. The number of ether oxygens (including phenoxy) is 2. The highest BCUT2D eigenvalue weighted by Gasteiger charge is 2.71. The Kier molecular flexibility index (Phi) is 1.22. The lowest BCUT2D eigenvalue weighted by Crippen LogP contribution is -2.36. The summed E-state index contributed by atoms with van der Waals surface area (Å²) in [6.07, 6.45) is 0.194. The Balaban J connectivity index is 2.22. The second-order valence-corrected chi connectivity index (χ2v) is 3.91. The van der Waals surface area contributed by atoms with Crippen LogP contribution in [0.15, 0.2) is 0 Å². The van der Waals surface area contributed by atoms with Crippen LogP contribution in [0, 0.1) is 0 Å². The summed E-state index contributed by atoms with van der Waals surface area (Å²) in [6, 6.07) is 0. The highest BCUT2D eigenvalue weighted by Crippen LogP contribution is 2.54. The Morgan fingerprint density at radius 2 is 2.00 bits per heavy atom. The minimum atomic E-state index is -0.464. The fourth-order valence-corrected chi connectivity index (χ4v) is 1.96. The molecule has 0 spiro atoms. The molecule has 0 radical (unpaired) electrons. The molecule has 2 rings (SSSR count). The molecule has 0 saturated carbocycles. The second-order valence-electron chi connectivity index (χ2n) is 3.91. The maximum Gasteiger partial charge on any atom is 0.121 e. The highest BCUT2D eigenvalue weighted by atomic mass is 16.7. The van der Waals surface area contributed by atoms with Gasteiger partial charge in [-0.2, -0.15) is 0 Å². The van der Waals surface area contributed by atoms with Crippen molar-refractivity contribution in [1.29, 1.82) is 0 Å². The van der Waals surface area contributed by atoms with Gasteiger partial charge in [-0.05, 0) is 20.8 Å². The molecule has 2 heterocycles. The predicted molar refractivity (Wildman–Crippen MR) is 39.3 cm³/mol. The molecule has 0 bridgehead atoms. The van der Waals surface area contributed by atoms with Gasteiger partial charge in [0.2, 0.25) is 0 Å². The van der Waals surface area contributed by atoms with Gasteiger partial charge in [0.15, 0.2) is 0 Å². The number of fused-ring (bicyclic) bond motifs is 1. The quantitative estimate of drug-likeness (QED) is 0.558. The van der Waals surface area contributed by atoms with Gasteiger partial charge in [0.05, 0.1) is 12.7 Å². The number of epoxide rings is 1. The van der Waals surface area contributed by atoms with E-state index >= 15 is 0 Å². The SMILES string of the molecule is C[C@H]1O[C@@](C)(CO)[C@@H]2O[C@@]21C. The maximum absolute atomic E-state index is 9.05. The smallest absolute Gasteiger partial charge is 0.121 e. The van der Waals surface area contributed by atoms with Crippen LogP contribution in [0.4, 0.5) is 0 Å². The van der Waals surface area contributed by atoms with Crippen molar-refractivity contribution < 1.29 is 14.6 Å². The van der Waals surface area contributed by atoms with Crippen LogP contribution in [0.2, 0.25) is 0 Å². The van der Waals surface area contributed by atoms with Crippen molar-refractivity contribution in [3.63, 3.8) is 0 Å². The first-order valence-electron chi connectivity index (χ1n) is 3.99. The van der Waals surface area contributed by atoms with E-state index in [1.165, 1.54) is 0 Å². The summed E-state index contributed by atoms with van der Waals surface area (Å²) in [4.78, 5) is 0. The zero-order valence-electron chi connectivity index (χ0n) is 7.13. The number of rotatable bonds is 1. The molecule has 0 aromatic heterocycles. The Morgan fingerprint density at radius 1 is 1.36 bits per heavy atom. The molecule has 4 atom stereocenters. The summed E-state index contributed by atoms with van der Waals surface area (Å²) in [5, 5.41) is 9.05. The van der Waals surface area contributed by atoms with Crippen molar-refractivity contribution >= 4 is 0 Å². The van der Waals surface area contributed by atoms with Gasteiger partial charge in [0.1, 0.15) is 17.3 Å². The van der Waals surface area contributed by atoms with E-state index in [2.05, 4.69) is 0 Å². The molecule has 1 N–H and O–H groups in total. The Bertz CT molecular complexity index is 194. The molecule has 3 heteroatoms. The monoisotopic (exact) mass is 158 g/mol. The van der Waals surface area contributed by atoms with Gasteiger partial charge in [-0.15, -0.1) is 0 Å². The minimum absolute atomic E-state index is 0.0393. The second kappa shape index (κ2) is 1.79. The molecular weight excluding hydrogens is 144 g/mol. The highest BCUT2D eigenvalue weighted by molar-refractivity contribution is 5.17.